The number of imide groups is 1. The standard InChI is InChI=1S/C24H19NO3S/c1-28-21-13-9-18(10-14-21)16-25-23(26)22(29-24(25)27)15-17-7-11-20(12-8-17)19-5-3-2-4-6-19/h2-15H,16H2,1H3. The predicted molar refractivity (Wildman–Crippen MR) is 116 cm³/mol. The van der Waals surface area contributed by atoms with Gasteiger partial charge in [0.1, 0.15) is 5.75 Å². The van der Waals surface area contributed by atoms with Gasteiger partial charge in [-0.05, 0) is 52.2 Å². The van der Waals surface area contributed by atoms with E-state index in [0.29, 0.717) is 4.91 Å². The average molecular weight is 401 g/mol. The molecular weight excluding hydrogens is 382 g/mol. The maximum atomic E-state index is 12.7. The Kier molecular flexibility index (Phi) is 5.49. The number of amides is 2. The second kappa shape index (κ2) is 8.37. The first kappa shape index (κ1) is 19.0. The molecule has 1 fully saturated rings. The summed E-state index contributed by atoms with van der Waals surface area (Å²) in [5.41, 5.74) is 4.01. The number of methoxy groups -OCH3 is 1. The first-order chi connectivity index (χ1) is 14.1. The van der Waals surface area contributed by atoms with Crippen molar-refractivity contribution in [3.63, 3.8) is 0 Å². The zero-order valence-electron chi connectivity index (χ0n) is 15.9. The van der Waals surface area contributed by atoms with E-state index in [2.05, 4.69) is 12.1 Å². The highest BCUT2D eigenvalue weighted by Crippen LogP contribution is 2.33. The maximum Gasteiger partial charge on any atom is 0.293 e. The van der Waals surface area contributed by atoms with Crippen LogP contribution in [-0.4, -0.2) is 23.2 Å². The van der Waals surface area contributed by atoms with Gasteiger partial charge in [0.2, 0.25) is 0 Å². The van der Waals surface area contributed by atoms with Crippen molar-refractivity contribution in [2.75, 3.05) is 7.11 Å². The molecule has 4 nitrogen and oxygen atoms in total. The van der Waals surface area contributed by atoms with Gasteiger partial charge in [-0.1, -0.05) is 66.7 Å². The van der Waals surface area contributed by atoms with Gasteiger partial charge in [0, 0.05) is 0 Å². The number of hydrogen-bond donors (Lipinski definition) is 0. The van der Waals surface area contributed by atoms with E-state index in [1.807, 2.05) is 66.7 Å². The van der Waals surface area contributed by atoms with E-state index in [1.54, 1.807) is 13.2 Å². The van der Waals surface area contributed by atoms with Gasteiger partial charge in [0.25, 0.3) is 11.1 Å². The lowest BCUT2D eigenvalue weighted by atomic mass is 10.0. The number of carbonyl (C=O) groups excluding carboxylic acids is 2. The molecule has 3 aromatic rings. The number of benzene rings is 3. The molecule has 0 aliphatic carbocycles. The molecule has 0 spiro atoms. The number of nitrogens with zero attached hydrogens (tertiary/aromatic N) is 1. The summed E-state index contributed by atoms with van der Waals surface area (Å²) in [6.07, 6.45) is 1.77. The minimum absolute atomic E-state index is 0.249. The highest BCUT2D eigenvalue weighted by molar-refractivity contribution is 8.18. The summed E-state index contributed by atoms with van der Waals surface area (Å²) in [6.45, 7) is 0.249. The smallest absolute Gasteiger partial charge is 0.293 e. The quantitative estimate of drug-likeness (QED) is 0.522. The molecule has 0 aromatic heterocycles. The molecule has 1 aliphatic rings. The zero-order valence-corrected chi connectivity index (χ0v) is 16.7. The second-order valence-corrected chi connectivity index (χ2v) is 7.60. The Morgan fingerprint density at radius 3 is 2.17 bits per heavy atom. The molecule has 0 radical (unpaired) electrons. The fraction of sp³-hybridized carbons (Fsp3) is 0.0833. The van der Waals surface area contributed by atoms with Crippen molar-refractivity contribution >= 4 is 29.0 Å². The van der Waals surface area contributed by atoms with Gasteiger partial charge in [-0.2, -0.15) is 0 Å². The van der Waals surface area contributed by atoms with Crippen molar-refractivity contribution < 1.29 is 14.3 Å². The van der Waals surface area contributed by atoms with E-state index in [1.165, 1.54) is 4.90 Å². The van der Waals surface area contributed by atoms with Crippen LogP contribution in [0.2, 0.25) is 0 Å². The van der Waals surface area contributed by atoms with E-state index >= 15 is 0 Å². The Morgan fingerprint density at radius 2 is 1.52 bits per heavy atom. The minimum atomic E-state index is -0.261. The summed E-state index contributed by atoms with van der Waals surface area (Å²) >= 11 is 0.978. The fourth-order valence-corrected chi connectivity index (χ4v) is 3.94. The third-order valence-corrected chi connectivity index (χ3v) is 5.60. The van der Waals surface area contributed by atoms with Crippen molar-refractivity contribution in [1.82, 2.24) is 4.90 Å². The normalized spacial score (nSPS) is 15.2. The van der Waals surface area contributed by atoms with Gasteiger partial charge in [0.15, 0.2) is 0 Å². The summed E-state index contributed by atoms with van der Waals surface area (Å²) in [6, 6.07) is 25.4. The molecule has 0 N–H and O–H groups in total. The lowest BCUT2D eigenvalue weighted by Gasteiger charge is -2.12. The number of hydrogen-bond acceptors (Lipinski definition) is 4. The number of thioether (sulfide) groups is 1. The molecule has 3 aromatic carbocycles. The van der Waals surface area contributed by atoms with E-state index in [4.69, 9.17) is 4.74 Å². The Hall–Kier alpha value is -3.31. The number of carbonyl (C=O) groups is 2. The van der Waals surface area contributed by atoms with Crippen LogP contribution in [0.15, 0.2) is 83.8 Å². The third kappa shape index (κ3) is 4.25. The fourth-order valence-electron chi connectivity index (χ4n) is 3.10. The number of ether oxygens (including phenoxy) is 1. The van der Waals surface area contributed by atoms with E-state index in [-0.39, 0.29) is 17.7 Å². The van der Waals surface area contributed by atoms with Crippen molar-refractivity contribution in [2.45, 2.75) is 6.54 Å². The van der Waals surface area contributed by atoms with Crippen LogP contribution in [0.3, 0.4) is 0 Å². The monoisotopic (exact) mass is 401 g/mol. The SMILES string of the molecule is COc1ccc(CN2C(=O)SC(=Cc3ccc(-c4ccccc4)cc3)C2=O)cc1. The minimum Gasteiger partial charge on any atom is -0.497 e. The summed E-state index contributed by atoms with van der Waals surface area (Å²) in [5.74, 6) is 0.477. The lowest BCUT2D eigenvalue weighted by Crippen LogP contribution is -2.27. The van der Waals surface area contributed by atoms with Gasteiger partial charge in [-0.25, -0.2) is 0 Å². The summed E-state index contributed by atoms with van der Waals surface area (Å²) in [7, 11) is 1.60. The molecule has 5 heteroatoms. The summed E-state index contributed by atoms with van der Waals surface area (Å²) in [4.78, 5) is 26.8. The molecule has 0 bridgehead atoms. The van der Waals surface area contributed by atoms with Gasteiger partial charge >= 0.3 is 0 Å². The van der Waals surface area contributed by atoms with E-state index in [9.17, 15) is 9.59 Å². The average Bonchev–Trinajstić information content (AvgIpc) is 3.03. The predicted octanol–water partition coefficient (Wildman–Crippen LogP) is 5.60. The Bertz CT molecular complexity index is 1060. The van der Waals surface area contributed by atoms with Crippen molar-refractivity contribution in [3.05, 3.63) is 94.9 Å². The van der Waals surface area contributed by atoms with Gasteiger partial charge in [-0.15, -0.1) is 0 Å². The van der Waals surface area contributed by atoms with Crippen LogP contribution in [0, 0.1) is 0 Å². The Morgan fingerprint density at radius 1 is 0.862 bits per heavy atom. The lowest BCUT2D eigenvalue weighted by molar-refractivity contribution is -0.123. The molecule has 1 saturated heterocycles. The molecule has 29 heavy (non-hydrogen) atoms. The molecule has 2 amide bonds. The first-order valence-electron chi connectivity index (χ1n) is 9.18. The highest BCUT2D eigenvalue weighted by atomic mass is 32.2. The summed E-state index contributed by atoms with van der Waals surface area (Å²) < 4.78 is 5.14. The van der Waals surface area contributed by atoms with Crippen molar-refractivity contribution in [2.24, 2.45) is 0 Å². The van der Waals surface area contributed by atoms with E-state index < -0.39 is 0 Å². The molecular formula is C24H19NO3S. The molecule has 144 valence electrons. The first-order valence-corrected chi connectivity index (χ1v) is 9.99. The second-order valence-electron chi connectivity index (χ2n) is 6.60. The van der Waals surface area contributed by atoms with Gasteiger partial charge in [0.05, 0.1) is 18.6 Å². The summed E-state index contributed by atoms with van der Waals surface area (Å²) in [5, 5.41) is -0.252. The topological polar surface area (TPSA) is 46.6 Å². The molecule has 0 saturated carbocycles. The van der Waals surface area contributed by atoms with E-state index in [0.717, 1.165) is 39.8 Å². The molecule has 0 unspecified atom stereocenters. The van der Waals surface area contributed by atoms with Crippen molar-refractivity contribution in [1.29, 1.82) is 0 Å². The largest absolute Gasteiger partial charge is 0.497 e. The highest BCUT2D eigenvalue weighted by Gasteiger charge is 2.34. The zero-order chi connectivity index (χ0) is 20.2. The third-order valence-electron chi connectivity index (χ3n) is 4.69. The molecule has 0 atom stereocenters. The van der Waals surface area contributed by atoms with Crippen LogP contribution in [0.1, 0.15) is 11.1 Å². The Balaban J connectivity index is 1.49. The Labute approximate surface area is 173 Å². The van der Waals surface area contributed by atoms with Crippen LogP contribution in [-0.2, 0) is 11.3 Å². The van der Waals surface area contributed by atoms with Crippen molar-refractivity contribution in [3.8, 4) is 16.9 Å². The molecule has 1 aliphatic heterocycles. The van der Waals surface area contributed by atoms with Crippen LogP contribution in [0.25, 0.3) is 17.2 Å². The van der Waals surface area contributed by atoms with Crippen LogP contribution in [0.5, 0.6) is 5.75 Å². The van der Waals surface area contributed by atoms with Crippen LogP contribution >= 0.6 is 11.8 Å². The van der Waals surface area contributed by atoms with Gasteiger partial charge in [-0.3, -0.25) is 14.5 Å². The van der Waals surface area contributed by atoms with Gasteiger partial charge < -0.3 is 4.74 Å². The molecule has 4 rings (SSSR count). The van der Waals surface area contributed by atoms with Crippen LogP contribution < -0.4 is 4.74 Å². The number of rotatable bonds is 5. The van der Waals surface area contributed by atoms with Crippen LogP contribution in [0.4, 0.5) is 4.79 Å². The molecule has 1 heterocycles. The maximum absolute atomic E-state index is 12.7.